The van der Waals surface area contributed by atoms with Crippen molar-refractivity contribution in [2.75, 3.05) is 0 Å². The lowest BCUT2D eigenvalue weighted by Gasteiger charge is -2.25. The number of hydrogen-bond donors (Lipinski definition) is 0. The van der Waals surface area contributed by atoms with E-state index in [1.165, 1.54) is 0 Å². The van der Waals surface area contributed by atoms with E-state index >= 15 is 0 Å². The number of hydrogen-bond acceptors (Lipinski definition) is 1. The molecule has 0 amide bonds. The summed E-state index contributed by atoms with van der Waals surface area (Å²) in [5.74, 6) is -1.23. The highest BCUT2D eigenvalue weighted by atomic mass is 16.4. The molecule has 2 nitrogen and oxygen atoms in total. The van der Waals surface area contributed by atoms with Gasteiger partial charge in [0.2, 0.25) is 0 Å². The van der Waals surface area contributed by atoms with Crippen molar-refractivity contribution in [3.05, 3.63) is 0 Å². The Bertz CT molecular complexity index is 133. The minimum absolute atomic E-state index is 0.172. The third-order valence-electron chi connectivity index (χ3n) is 1.91. The van der Waals surface area contributed by atoms with E-state index in [0.29, 0.717) is 6.42 Å². The van der Waals surface area contributed by atoms with Crippen molar-refractivity contribution in [2.24, 2.45) is 11.3 Å². The van der Waals surface area contributed by atoms with Crippen LogP contribution in [-0.4, -0.2) is 5.97 Å². The van der Waals surface area contributed by atoms with Gasteiger partial charge in [-0.25, -0.2) is 9.90 Å². The second kappa shape index (κ2) is 3.74. The standard InChI is InChI=1S/C9H17O2/c1-5-6-7(8(10)11)9(2,3)4/h7H,5-6H2,1-4H3. The zero-order valence-electron chi connectivity index (χ0n) is 7.81. The molecule has 11 heavy (non-hydrogen) atoms. The number of rotatable bonds is 3. The summed E-state index contributed by atoms with van der Waals surface area (Å²) in [4.78, 5) is 10.6. The molecule has 0 rings (SSSR count). The largest absolute Gasteiger partial charge is 0.359 e. The summed E-state index contributed by atoms with van der Waals surface area (Å²) in [5, 5.41) is 10.6. The van der Waals surface area contributed by atoms with Crippen molar-refractivity contribution in [1.82, 2.24) is 0 Å². The van der Waals surface area contributed by atoms with Crippen LogP contribution in [-0.2, 0) is 9.90 Å². The second-order valence-corrected chi connectivity index (χ2v) is 4.03. The monoisotopic (exact) mass is 157 g/mol. The first-order chi connectivity index (χ1) is 4.89. The van der Waals surface area contributed by atoms with Crippen LogP contribution in [0.3, 0.4) is 0 Å². The molecule has 0 heterocycles. The number of carbonyl (C=O) groups is 1. The summed E-state index contributed by atoms with van der Waals surface area (Å²) in [6, 6.07) is 0. The van der Waals surface area contributed by atoms with Gasteiger partial charge in [-0.1, -0.05) is 34.1 Å². The van der Waals surface area contributed by atoms with Crippen molar-refractivity contribution < 1.29 is 9.90 Å². The molecule has 0 aliphatic heterocycles. The zero-order valence-corrected chi connectivity index (χ0v) is 7.81. The van der Waals surface area contributed by atoms with Crippen molar-refractivity contribution in [3.63, 3.8) is 0 Å². The normalized spacial score (nSPS) is 14.5. The van der Waals surface area contributed by atoms with E-state index < -0.39 is 5.97 Å². The van der Waals surface area contributed by atoms with Crippen LogP contribution in [0.4, 0.5) is 0 Å². The van der Waals surface area contributed by atoms with Gasteiger partial charge >= 0.3 is 5.97 Å². The van der Waals surface area contributed by atoms with Crippen molar-refractivity contribution >= 4 is 5.97 Å². The summed E-state index contributed by atoms with van der Waals surface area (Å²) in [7, 11) is 0. The highest BCUT2D eigenvalue weighted by molar-refractivity contribution is 5.70. The van der Waals surface area contributed by atoms with Crippen LogP contribution in [0, 0.1) is 11.3 Å². The first-order valence-corrected chi connectivity index (χ1v) is 4.10. The number of carbonyl (C=O) groups excluding carboxylic acids is 1. The maximum atomic E-state index is 10.6. The molecule has 0 saturated heterocycles. The predicted octanol–water partition coefficient (Wildman–Crippen LogP) is 2.41. The van der Waals surface area contributed by atoms with E-state index in [1.54, 1.807) is 0 Å². The third kappa shape index (κ3) is 3.40. The lowest BCUT2D eigenvalue weighted by atomic mass is 9.78. The van der Waals surface area contributed by atoms with Gasteiger partial charge in [0.05, 0.1) is 5.92 Å². The van der Waals surface area contributed by atoms with E-state index in [9.17, 15) is 9.90 Å². The molecule has 1 atom stereocenters. The molecule has 0 aromatic heterocycles. The lowest BCUT2D eigenvalue weighted by Crippen LogP contribution is -2.27. The van der Waals surface area contributed by atoms with Gasteiger partial charge in [0.15, 0.2) is 0 Å². The fourth-order valence-corrected chi connectivity index (χ4v) is 1.19. The Labute approximate surface area is 68.6 Å². The van der Waals surface area contributed by atoms with E-state index in [4.69, 9.17) is 0 Å². The summed E-state index contributed by atoms with van der Waals surface area (Å²) in [5.41, 5.74) is -0.172. The van der Waals surface area contributed by atoms with Crippen molar-refractivity contribution in [2.45, 2.75) is 40.5 Å². The van der Waals surface area contributed by atoms with E-state index in [2.05, 4.69) is 0 Å². The van der Waals surface area contributed by atoms with E-state index in [-0.39, 0.29) is 11.3 Å². The molecular weight excluding hydrogens is 140 g/mol. The minimum Gasteiger partial charge on any atom is -0.247 e. The third-order valence-corrected chi connectivity index (χ3v) is 1.91. The average Bonchev–Trinajstić information content (AvgIpc) is 1.79. The minimum atomic E-state index is -0.917. The van der Waals surface area contributed by atoms with Gasteiger partial charge in [-0.15, -0.1) is 0 Å². The first kappa shape index (κ1) is 10.5. The Hall–Kier alpha value is -0.530. The quantitative estimate of drug-likeness (QED) is 0.619. The molecular formula is C9H17O2. The summed E-state index contributed by atoms with van der Waals surface area (Å²) in [6.07, 6.45) is 1.61. The molecule has 0 bridgehead atoms. The van der Waals surface area contributed by atoms with E-state index in [1.807, 2.05) is 27.7 Å². The zero-order chi connectivity index (χ0) is 9.07. The Morgan fingerprint density at radius 1 is 1.36 bits per heavy atom. The van der Waals surface area contributed by atoms with Gasteiger partial charge in [0.1, 0.15) is 0 Å². The lowest BCUT2D eigenvalue weighted by molar-refractivity contribution is -0.152. The summed E-state index contributed by atoms with van der Waals surface area (Å²) >= 11 is 0. The maximum absolute atomic E-state index is 10.6. The summed E-state index contributed by atoms with van der Waals surface area (Å²) in [6.45, 7) is 7.79. The molecule has 0 saturated carbocycles. The van der Waals surface area contributed by atoms with Crippen molar-refractivity contribution in [3.8, 4) is 0 Å². The highest BCUT2D eigenvalue weighted by Gasteiger charge is 2.31. The van der Waals surface area contributed by atoms with Gasteiger partial charge in [0, 0.05) is 0 Å². The fourth-order valence-electron chi connectivity index (χ4n) is 1.19. The molecule has 0 N–H and O–H groups in total. The molecule has 65 valence electrons. The summed E-state index contributed by atoms with van der Waals surface area (Å²) < 4.78 is 0. The second-order valence-electron chi connectivity index (χ2n) is 4.03. The van der Waals surface area contributed by atoms with Crippen LogP contribution >= 0.6 is 0 Å². The fraction of sp³-hybridized carbons (Fsp3) is 0.889. The Morgan fingerprint density at radius 3 is 1.91 bits per heavy atom. The van der Waals surface area contributed by atoms with Gasteiger partial charge < -0.3 is 0 Å². The molecule has 0 aliphatic rings. The smallest absolute Gasteiger partial charge is 0.247 e. The molecule has 0 fully saturated rings. The average molecular weight is 157 g/mol. The van der Waals surface area contributed by atoms with E-state index in [0.717, 1.165) is 6.42 Å². The Balaban J connectivity index is 4.22. The maximum Gasteiger partial charge on any atom is 0.359 e. The SMILES string of the molecule is CCCC(C([O])=O)C(C)(C)C. The molecule has 2 heteroatoms. The van der Waals surface area contributed by atoms with Crippen molar-refractivity contribution in [1.29, 1.82) is 0 Å². The van der Waals surface area contributed by atoms with Crippen LogP contribution in [0.1, 0.15) is 40.5 Å². The van der Waals surface area contributed by atoms with Crippen LogP contribution in [0.5, 0.6) is 0 Å². The predicted molar refractivity (Wildman–Crippen MR) is 43.5 cm³/mol. The van der Waals surface area contributed by atoms with Crippen LogP contribution in [0.15, 0.2) is 0 Å². The van der Waals surface area contributed by atoms with Gasteiger partial charge in [0.25, 0.3) is 0 Å². The molecule has 0 aromatic rings. The van der Waals surface area contributed by atoms with Gasteiger partial charge in [-0.2, -0.15) is 0 Å². The molecule has 1 radical (unpaired) electrons. The van der Waals surface area contributed by atoms with Crippen LogP contribution < -0.4 is 0 Å². The van der Waals surface area contributed by atoms with Gasteiger partial charge in [-0.3, -0.25) is 0 Å². The molecule has 0 aliphatic carbocycles. The van der Waals surface area contributed by atoms with Crippen LogP contribution in [0.2, 0.25) is 0 Å². The van der Waals surface area contributed by atoms with Crippen LogP contribution in [0.25, 0.3) is 0 Å². The highest BCUT2D eigenvalue weighted by Crippen LogP contribution is 2.29. The first-order valence-electron chi connectivity index (χ1n) is 4.10. The molecule has 1 unspecified atom stereocenters. The van der Waals surface area contributed by atoms with Gasteiger partial charge in [-0.05, 0) is 11.8 Å². The Kier molecular flexibility index (Phi) is 3.56. The molecule has 0 aromatic carbocycles. The topological polar surface area (TPSA) is 37.0 Å². The Morgan fingerprint density at radius 2 is 1.82 bits per heavy atom. The molecule has 0 spiro atoms.